The molecule has 144 valence electrons. The minimum atomic E-state index is -3.58. The number of ether oxygens (including phenoxy) is 1. The standard InChI is InChI=1S/C20H23FN2O3S/c21-17-6-2-1-5-16(17)13-23-11-9-20(10-12-23)14-22-27(24,25)19-8-4-3-7-18(19)26-15-20/h1-8,22H,9-15H2. The van der Waals surface area contributed by atoms with Crippen LogP contribution in [0, 0.1) is 11.2 Å². The van der Waals surface area contributed by atoms with E-state index in [0.717, 1.165) is 25.9 Å². The third-order valence-corrected chi connectivity index (χ3v) is 7.02. The number of likely N-dealkylation sites (tertiary alicyclic amines) is 1. The highest BCUT2D eigenvalue weighted by Gasteiger charge is 2.39. The van der Waals surface area contributed by atoms with Gasteiger partial charge >= 0.3 is 0 Å². The van der Waals surface area contributed by atoms with Crippen LogP contribution >= 0.6 is 0 Å². The van der Waals surface area contributed by atoms with E-state index in [9.17, 15) is 12.8 Å². The minimum Gasteiger partial charge on any atom is -0.492 e. The Labute approximate surface area is 159 Å². The van der Waals surface area contributed by atoms with Crippen LogP contribution < -0.4 is 9.46 Å². The SMILES string of the molecule is O=S1(=O)NCC2(CCN(Cc3ccccc3F)CC2)COc2ccccc21. The first-order chi connectivity index (χ1) is 13.0. The summed E-state index contributed by atoms with van der Waals surface area (Å²) >= 11 is 0. The number of para-hydroxylation sites is 1. The van der Waals surface area contributed by atoms with Gasteiger partial charge < -0.3 is 4.74 Å². The topological polar surface area (TPSA) is 58.6 Å². The highest BCUT2D eigenvalue weighted by Crippen LogP contribution is 2.36. The summed E-state index contributed by atoms with van der Waals surface area (Å²) in [7, 11) is -3.58. The molecule has 27 heavy (non-hydrogen) atoms. The van der Waals surface area contributed by atoms with Crippen LogP contribution in [0.4, 0.5) is 4.39 Å². The summed E-state index contributed by atoms with van der Waals surface area (Å²) in [5.41, 5.74) is 0.448. The van der Waals surface area contributed by atoms with Gasteiger partial charge in [0.1, 0.15) is 16.5 Å². The molecule has 0 aliphatic carbocycles. The third-order valence-electron chi connectivity index (χ3n) is 5.58. The van der Waals surface area contributed by atoms with Crippen molar-refractivity contribution in [3.05, 3.63) is 59.9 Å². The zero-order valence-electron chi connectivity index (χ0n) is 15.0. The number of halogens is 1. The van der Waals surface area contributed by atoms with Crippen molar-refractivity contribution >= 4 is 10.0 Å². The molecule has 4 rings (SSSR count). The summed E-state index contributed by atoms with van der Waals surface area (Å²) < 4.78 is 47.7. The van der Waals surface area contributed by atoms with Crippen LogP contribution in [0.15, 0.2) is 53.4 Å². The van der Waals surface area contributed by atoms with Crippen molar-refractivity contribution in [3.63, 3.8) is 0 Å². The average Bonchev–Trinajstić information content (AvgIpc) is 2.68. The number of piperidine rings is 1. The fraction of sp³-hybridized carbons (Fsp3) is 0.400. The normalized spacial score (nSPS) is 21.7. The van der Waals surface area contributed by atoms with E-state index in [1.165, 1.54) is 6.07 Å². The second-order valence-electron chi connectivity index (χ2n) is 7.43. The first-order valence-electron chi connectivity index (χ1n) is 9.15. The highest BCUT2D eigenvalue weighted by atomic mass is 32.2. The summed E-state index contributed by atoms with van der Waals surface area (Å²) in [5, 5.41) is 0. The predicted octanol–water partition coefficient (Wildman–Crippen LogP) is 2.78. The molecule has 2 aromatic carbocycles. The van der Waals surface area contributed by atoms with Crippen molar-refractivity contribution in [1.29, 1.82) is 0 Å². The molecule has 2 heterocycles. The molecule has 0 radical (unpaired) electrons. The molecule has 1 fully saturated rings. The predicted molar refractivity (Wildman–Crippen MR) is 100 cm³/mol. The first-order valence-corrected chi connectivity index (χ1v) is 10.6. The molecule has 2 aromatic rings. The van der Waals surface area contributed by atoms with E-state index in [2.05, 4.69) is 9.62 Å². The maximum atomic E-state index is 13.9. The summed E-state index contributed by atoms with van der Waals surface area (Å²) in [5.74, 6) is 0.217. The zero-order chi connectivity index (χ0) is 18.9. The fourth-order valence-corrected chi connectivity index (χ4v) is 5.07. The van der Waals surface area contributed by atoms with Crippen LogP contribution in [-0.4, -0.2) is 39.6 Å². The second kappa shape index (κ2) is 7.22. The van der Waals surface area contributed by atoms with Crippen molar-refractivity contribution in [2.45, 2.75) is 24.3 Å². The fourth-order valence-electron chi connectivity index (χ4n) is 3.77. The monoisotopic (exact) mass is 390 g/mol. The molecule has 1 saturated heterocycles. The van der Waals surface area contributed by atoms with Gasteiger partial charge in [-0.15, -0.1) is 0 Å². The Hall–Kier alpha value is -1.96. The molecule has 0 unspecified atom stereocenters. The minimum absolute atomic E-state index is 0.184. The molecular formula is C20H23FN2O3S. The summed E-state index contributed by atoms with van der Waals surface area (Å²) in [4.78, 5) is 2.40. The Morgan fingerprint density at radius 2 is 1.78 bits per heavy atom. The number of hydrogen-bond acceptors (Lipinski definition) is 4. The number of sulfonamides is 1. The zero-order valence-corrected chi connectivity index (χ0v) is 15.8. The molecule has 5 nitrogen and oxygen atoms in total. The maximum absolute atomic E-state index is 13.9. The van der Waals surface area contributed by atoms with Gasteiger partial charge in [0, 0.05) is 24.1 Å². The summed E-state index contributed by atoms with van der Waals surface area (Å²) in [6.45, 7) is 2.96. The average molecular weight is 390 g/mol. The van der Waals surface area contributed by atoms with Gasteiger partial charge in [0.05, 0.1) is 6.61 Å². The van der Waals surface area contributed by atoms with Gasteiger partial charge in [-0.25, -0.2) is 17.5 Å². The lowest BCUT2D eigenvalue weighted by Gasteiger charge is -2.42. The summed E-state index contributed by atoms with van der Waals surface area (Å²) in [6.07, 6.45) is 1.60. The van der Waals surface area contributed by atoms with Crippen molar-refractivity contribution in [3.8, 4) is 5.75 Å². The van der Waals surface area contributed by atoms with E-state index in [1.807, 2.05) is 12.1 Å². The Morgan fingerprint density at radius 3 is 2.56 bits per heavy atom. The molecule has 2 aliphatic rings. The van der Waals surface area contributed by atoms with Crippen LogP contribution in [-0.2, 0) is 16.6 Å². The number of nitrogens with one attached hydrogen (secondary N) is 1. The molecule has 0 bridgehead atoms. The maximum Gasteiger partial charge on any atom is 0.244 e. The Morgan fingerprint density at radius 1 is 1.07 bits per heavy atom. The molecular weight excluding hydrogens is 367 g/mol. The van der Waals surface area contributed by atoms with E-state index < -0.39 is 10.0 Å². The van der Waals surface area contributed by atoms with Crippen LogP contribution in [0.5, 0.6) is 5.75 Å². The molecule has 0 saturated carbocycles. The van der Waals surface area contributed by atoms with E-state index in [0.29, 0.717) is 31.0 Å². The van der Waals surface area contributed by atoms with Gasteiger partial charge in [0.25, 0.3) is 0 Å². The van der Waals surface area contributed by atoms with Crippen LogP contribution in [0.3, 0.4) is 0 Å². The van der Waals surface area contributed by atoms with Gasteiger partial charge in [-0.05, 0) is 44.1 Å². The van der Waals surface area contributed by atoms with Crippen molar-refractivity contribution < 1.29 is 17.5 Å². The lowest BCUT2D eigenvalue weighted by molar-refractivity contribution is 0.0519. The number of nitrogens with zero attached hydrogens (tertiary/aromatic N) is 1. The van der Waals surface area contributed by atoms with E-state index in [-0.39, 0.29) is 16.1 Å². The van der Waals surface area contributed by atoms with Crippen LogP contribution in [0.2, 0.25) is 0 Å². The van der Waals surface area contributed by atoms with Gasteiger partial charge in [0.2, 0.25) is 10.0 Å². The first kappa shape index (κ1) is 18.4. The van der Waals surface area contributed by atoms with Crippen LogP contribution in [0.25, 0.3) is 0 Å². The smallest absolute Gasteiger partial charge is 0.244 e. The van der Waals surface area contributed by atoms with E-state index in [1.54, 1.807) is 30.3 Å². The highest BCUT2D eigenvalue weighted by molar-refractivity contribution is 7.89. The van der Waals surface area contributed by atoms with Gasteiger partial charge in [-0.2, -0.15) is 0 Å². The molecule has 2 aliphatic heterocycles. The van der Waals surface area contributed by atoms with Gasteiger partial charge in [-0.3, -0.25) is 4.90 Å². The van der Waals surface area contributed by atoms with Gasteiger partial charge in [-0.1, -0.05) is 30.3 Å². The quantitative estimate of drug-likeness (QED) is 0.857. The molecule has 0 atom stereocenters. The molecule has 0 amide bonds. The van der Waals surface area contributed by atoms with Crippen LogP contribution in [0.1, 0.15) is 18.4 Å². The lowest BCUT2D eigenvalue weighted by Crippen LogP contribution is -2.50. The Balaban J connectivity index is 1.46. The van der Waals surface area contributed by atoms with Gasteiger partial charge in [0.15, 0.2) is 0 Å². The molecule has 7 heteroatoms. The lowest BCUT2D eigenvalue weighted by atomic mass is 9.79. The molecule has 1 N–H and O–H groups in total. The van der Waals surface area contributed by atoms with E-state index >= 15 is 0 Å². The van der Waals surface area contributed by atoms with Crippen molar-refractivity contribution in [1.82, 2.24) is 9.62 Å². The third kappa shape index (κ3) is 3.85. The number of rotatable bonds is 2. The molecule has 0 aromatic heterocycles. The largest absolute Gasteiger partial charge is 0.492 e. The summed E-state index contributed by atoms with van der Waals surface area (Å²) in [6, 6.07) is 13.6. The second-order valence-corrected chi connectivity index (χ2v) is 9.16. The number of fused-ring (bicyclic) bond motifs is 1. The number of benzene rings is 2. The Kier molecular flexibility index (Phi) is 4.92. The number of hydrogen-bond donors (Lipinski definition) is 1. The van der Waals surface area contributed by atoms with E-state index in [4.69, 9.17) is 4.74 Å². The van der Waals surface area contributed by atoms with Crippen molar-refractivity contribution in [2.24, 2.45) is 5.41 Å². The Bertz CT molecular complexity index is 924. The van der Waals surface area contributed by atoms with Crippen molar-refractivity contribution in [2.75, 3.05) is 26.2 Å². The molecule has 1 spiro atoms.